The molecular formula is C15H16FN3O3. The maximum Gasteiger partial charge on any atom is 0.328 e. The van der Waals surface area contributed by atoms with Gasteiger partial charge in [0.2, 0.25) is 5.91 Å². The minimum absolute atomic E-state index is 0.197. The van der Waals surface area contributed by atoms with Gasteiger partial charge in [0, 0.05) is 44.6 Å². The van der Waals surface area contributed by atoms with Crippen LogP contribution in [0.15, 0.2) is 18.2 Å². The van der Waals surface area contributed by atoms with Crippen LogP contribution in [0.1, 0.15) is 19.3 Å². The van der Waals surface area contributed by atoms with E-state index in [9.17, 15) is 18.8 Å². The van der Waals surface area contributed by atoms with Crippen molar-refractivity contribution in [1.29, 1.82) is 0 Å². The Hall–Kier alpha value is -2.44. The molecule has 1 N–H and O–H groups in total. The number of amides is 3. The lowest BCUT2D eigenvalue weighted by atomic mass is 10.1. The van der Waals surface area contributed by atoms with Gasteiger partial charge in [-0.05, 0) is 18.2 Å². The third-order valence-electron chi connectivity index (χ3n) is 3.96. The van der Waals surface area contributed by atoms with Gasteiger partial charge in [0.15, 0.2) is 0 Å². The van der Waals surface area contributed by atoms with E-state index in [-0.39, 0.29) is 24.7 Å². The number of hydrogen-bond donors (Lipinski definition) is 1. The Morgan fingerprint density at radius 2 is 1.73 bits per heavy atom. The molecule has 2 aliphatic rings. The average molecular weight is 305 g/mol. The van der Waals surface area contributed by atoms with Crippen molar-refractivity contribution in [2.24, 2.45) is 0 Å². The van der Waals surface area contributed by atoms with Crippen molar-refractivity contribution >= 4 is 29.1 Å². The number of anilines is 2. The molecule has 3 rings (SSSR count). The molecule has 2 saturated heterocycles. The first-order valence-corrected chi connectivity index (χ1v) is 7.22. The highest BCUT2D eigenvalue weighted by molar-refractivity contribution is 6.05. The summed E-state index contributed by atoms with van der Waals surface area (Å²) in [5.74, 6) is -0.559. The molecule has 0 aliphatic carbocycles. The SMILES string of the molecule is O=C1CCN(c2ccc(N3CCC(=O)NC3=O)cc2F)CC1. The molecule has 7 heteroatoms. The molecule has 0 saturated carbocycles. The highest BCUT2D eigenvalue weighted by Crippen LogP contribution is 2.27. The largest absolute Gasteiger partial charge is 0.368 e. The highest BCUT2D eigenvalue weighted by Gasteiger charge is 2.25. The molecule has 1 aromatic carbocycles. The average Bonchev–Trinajstić information content (AvgIpc) is 2.48. The zero-order valence-corrected chi connectivity index (χ0v) is 12.0. The second kappa shape index (κ2) is 5.75. The Labute approximate surface area is 126 Å². The molecule has 0 unspecified atom stereocenters. The molecule has 1 aromatic rings. The van der Waals surface area contributed by atoms with E-state index in [2.05, 4.69) is 5.32 Å². The lowest BCUT2D eigenvalue weighted by molar-refractivity contribution is -0.120. The monoisotopic (exact) mass is 305 g/mol. The Morgan fingerprint density at radius 3 is 2.36 bits per heavy atom. The maximum atomic E-state index is 14.3. The number of ketones is 1. The van der Waals surface area contributed by atoms with E-state index in [0.717, 1.165) is 0 Å². The quantitative estimate of drug-likeness (QED) is 0.897. The van der Waals surface area contributed by atoms with Gasteiger partial charge in [-0.1, -0.05) is 0 Å². The Balaban J connectivity index is 1.79. The number of nitrogens with zero attached hydrogens (tertiary/aromatic N) is 2. The lowest BCUT2D eigenvalue weighted by Gasteiger charge is -2.30. The minimum atomic E-state index is -0.535. The number of hydrogen-bond acceptors (Lipinski definition) is 4. The van der Waals surface area contributed by atoms with E-state index in [1.807, 2.05) is 4.90 Å². The van der Waals surface area contributed by atoms with Crippen molar-refractivity contribution in [3.05, 3.63) is 24.0 Å². The summed E-state index contributed by atoms with van der Waals surface area (Å²) in [6.45, 7) is 1.25. The normalized spacial score (nSPS) is 19.4. The van der Waals surface area contributed by atoms with Gasteiger partial charge in [-0.15, -0.1) is 0 Å². The van der Waals surface area contributed by atoms with Crippen molar-refractivity contribution in [3.8, 4) is 0 Å². The summed E-state index contributed by atoms with van der Waals surface area (Å²) in [5, 5.41) is 2.21. The summed E-state index contributed by atoms with van der Waals surface area (Å²) in [5.41, 5.74) is 0.851. The molecule has 22 heavy (non-hydrogen) atoms. The van der Waals surface area contributed by atoms with Gasteiger partial charge in [0.1, 0.15) is 11.6 Å². The van der Waals surface area contributed by atoms with E-state index in [4.69, 9.17) is 0 Å². The third kappa shape index (κ3) is 2.79. The second-order valence-electron chi connectivity index (χ2n) is 5.42. The number of urea groups is 1. The summed E-state index contributed by atoms with van der Waals surface area (Å²) in [6, 6.07) is 4.03. The van der Waals surface area contributed by atoms with Crippen molar-refractivity contribution in [2.75, 3.05) is 29.4 Å². The molecule has 0 bridgehead atoms. The fourth-order valence-electron chi connectivity index (χ4n) is 2.73. The molecular weight excluding hydrogens is 289 g/mol. The Bertz CT molecular complexity index is 637. The van der Waals surface area contributed by atoms with Crippen LogP contribution in [0.3, 0.4) is 0 Å². The van der Waals surface area contributed by atoms with Crippen molar-refractivity contribution < 1.29 is 18.8 Å². The highest BCUT2D eigenvalue weighted by atomic mass is 19.1. The fraction of sp³-hybridized carbons (Fsp3) is 0.400. The third-order valence-corrected chi connectivity index (χ3v) is 3.96. The van der Waals surface area contributed by atoms with Crippen LogP contribution in [0.2, 0.25) is 0 Å². The van der Waals surface area contributed by atoms with Crippen LogP contribution in [0.5, 0.6) is 0 Å². The van der Waals surface area contributed by atoms with Gasteiger partial charge in [-0.25, -0.2) is 9.18 Å². The van der Waals surface area contributed by atoms with E-state index < -0.39 is 11.8 Å². The first-order chi connectivity index (χ1) is 10.5. The summed E-state index contributed by atoms with van der Waals surface area (Å²) in [7, 11) is 0. The topological polar surface area (TPSA) is 69.7 Å². The predicted octanol–water partition coefficient (Wildman–Crippen LogP) is 1.44. The van der Waals surface area contributed by atoms with Crippen LogP contribution >= 0.6 is 0 Å². The van der Waals surface area contributed by atoms with Crippen LogP contribution < -0.4 is 15.1 Å². The number of benzene rings is 1. The number of Topliss-reactive ketones (excluding diaryl/α,β-unsaturated/α-hetero) is 1. The number of carbonyl (C=O) groups is 3. The van der Waals surface area contributed by atoms with E-state index >= 15 is 0 Å². The second-order valence-corrected chi connectivity index (χ2v) is 5.42. The zero-order chi connectivity index (χ0) is 15.7. The molecule has 6 nitrogen and oxygen atoms in total. The van der Waals surface area contributed by atoms with Gasteiger partial charge in [-0.2, -0.15) is 0 Å². The molecule has 2 heterocycles. The van der Waals surface area contributed by atoms with Crippen LogP contribution in [-0.4, -0.2) is 37.4 Å². The molecule has 0 atom stereocenters. The van der Waals surface area contributed by atoms with Crippen LogP contribution in [0.25, 0.3) is 0 Å². The lowest BCUT2D eigenvalue weighted by Crippen LogP contribution is -2.49. The predicted molar refractivity (Wildman–Crippen MR) is 78.4 cm³/mol. The number of halogens is 1. The van der Waals surface area contributed by atoms with Gasteiger partial charge in [-0.3, -0.25) is 19.8 Å². The minimum Gasteiger partial charge on any atom is -0.368 e. The summed E-state index contributed by atoms with van der Waals surface area (Å²) in [6.07, 6.45) is 1.05. The van der Waals surface area contributed by atoms with E-state index in [1.165, 1.54) is 11.0 Å². The van der Waals surface area contributed by atoms with Gasteiger partial charge >= 0.3 is 6.03 Å². The van der Waals surface area contributed by atoms with Crippen molar-refractivity contribution in [2.45, 2.75) is 19.3 Å². The smallest absolute Gasteiger partial charge is 0.328 e. The van der Waals surface area contributed by atoms with Crippen LogP contribution in [0.4, 0.5) is 20.6 Å². The van der Waals surface area contributed by atoms with Gasteiger partial charge in [0.05, 0.1) is 5.69 Å². The van der Waals surface area contributed by atoms with E-state index in [0.29, 0.717) is 37.3 Å². The first-order valence-electron chi connectivity index (χ1n) is 7.22. The van der Waals surface area contributed by atoms with Crippen LogP contribution in [0, 0.1) is 5.82 Å². The summed E-state index contributed by atoms with van der Waals surface area (Å²) in [4.78, 5) is 37.3. The Kier molecular flexibility index (Phi) is 3.79. The number of imide groups is 1. The van der Waals surface area contributed by atoms with Gasteiger partial charge in [0.25, 0.3) is 0 Å². The number of nitrogens with one attached hydrogen (secondary N) is 1. The molecule has 2 aliphatic heterocycles. The summed E-state index contributed by atoms with van der Waals surface area (Å²) < 4.78 is 14.3. The van der Waals surface area contributed by atoms with Crippen molar-refractivity contribution in [1.82, 2.24) is 5.32 Å². The van der Waals surface area contributed by atoms with Gasteiger partial charge < -0.3 is 4.90 Å². The molecule has 116 valence electrons. The number of carbonyl (C=O) groups excluding carboxylic acids is 3. The molecule has 0 aromatic heterocycles. The Morgan fingerprint density at radius 1 is 1.00 bits per heavy atom. The number of rotatable bonds is 2. The van der Waals surface area contributed by atoms with E-state index in [1.54, 1.807) is 12.1 Å². The molecule has 3 amide bonds. The maximum absolute atomic E-state index is 14.3. The van der Waals surface area contributed by atoms with Crippen molar-refractivity contribution in [3.63, 3.8) is 0 Å². The standard InChI is InChI=1S/C15H16FN3O3/c16-12-9-10(19-8-5-14(21)17-15(19)22)1-2-13(12)18-6-3-11(20)4-7-18/h1-2,9H,3-8H2,(H,17,21,22). The first kappa shape index (κ1) is 14.5. The van der Waals surface area contributed by atoms with Crippen LogP contribution in [-0.2, 0) is 9.59 Å². The number of piperidine rings is 1. The molecule has 0 spiro atoms. The summed E-state index contributed by atoms with van der Waals surface area (Å²) >= 11 is 0. The zero-order valence-electron chi connectivity index (χ0n) is 12.0. The molecule has 2 fully saturated rings. The molecule has 0 radical (unpaired) electrons. The fourth-order valence-corrected chi connectivity index (χ4v) is 2.73.